The van der Waals surface area contributed by atoms with Crippen molar-refractivity contribution in [3.63, 3.8) is 0 Å². The summed E-state index contributed by atoms with van der Waals surface area (Å²) in [6.07, 6.45) is 0. The maximum absolute atomic E-state index is 2.40. The minimum atomic E-state index is 1.21. The van der Waals surface area contributed by atoms with Crippen molar-refractivity contribution in [2.24, 2.45) is 21.1 Å². The molecule has 0 aliphatic carbocycles. The fraction of sp³-hybridized carbons (Fsp3) is 0.0465. The van der Waals surface area contributed by atoms with Gasteiger partial charge in [0.2, 0.25) is 0 Å². The highest BCUT2D eigenvalue weighted by Crippen LogP contribution is 2.42. The topological polar surface area (TPSA) is 19.7 Å². The summed E-state index contributed by atoms with van der Waals surface area (Å²) in [5.74, 6) is 0. The first-order chi connectivity index (χ1) is 44.4. The minimum Gasteiger partial charge on any atom is -0.344 e. The van der Waals surface area contributed by atoms with E-state index in [0.717, 1.165) is 0 Å². The number of para-hydroxylation sites is 4. The molecule has 4 heteroatoms. The van der Waals surface area contributed by atoms with E-state index in [1.807, 2.05) is 0 Å². The Morgan fingerprint density at radius 3 is 1.21 bits per heavy atom. The number of aromatic nitrogens is 4. The average molecular weight is 1150 g/mol. The van der Waals surface area contributed by atoms with Gasteiger partial charge in [0.15, 0.2) is 0 Å². The molecule has 0 fully saturated rings. The molecule has 20 aromatic rings. The maximum atomic E-state index is 2.40. The molecule has 0 saturated heterocycles. The number of fused-ring (bicyclic) bond motifs is 26. The molecule has 0 radical (unpaired) electrons. The molecule has 4 aromatic heterocycles. The van der Waals surface area contributed by atoms with Gasteiger partial charge in [0.1, 0.15) is 0 Å². The van der Waals surface area contributed by atoms with Crippen molar-refractivity contribution in [3.05, 3.63) is 309 Å². The zero-order valence-corrected chi connectivity index (χ0v) is 50.7. The van der Waals surface area contributed by atoms with E-state index in [-0.39, 0.29) is 0 Å². The summed E-state index contributed by atoms with van der Waals surface area (Å²) >= 11 is 0. The molecule has 20 rings (SSSR count). The van der Waals surface area contributed by atoms with Crippen LogP contribution in [0.5, 0.6) is 0 Å². The van der Waals surface area contributed by atoms with Crippen molar-refractivity contribution in [1.29, 1.82) is 0 Å². The summed E-state index contributed by atoms with van der Waals surface area (Å²) in [7, 11) is 6.49. The predicted molar refractivity (Wildman–Crippen MR) is 389 cm³/mol. The maximum Gasteiger partial charge on any atom is 0.0619 e. The van der Waals surface area contributed by atoms with Crippen LogP contribution in [-0.4, -0.2) is 18.3 Å². The van der Waals surface area contributed by atoms with Gasteiger partial charge in [0, 0.05) is 108 Å². The molecule has 426 valence electrons. The van der Waals surface area contributed by atoms with E-state index in [4.69, 9.17) is 0 Å². The third kappa shape index (κ3) is 8.29. The van der Waals surface area contributed by atoms with Crippen LogP contribution in [0.2, 0.25) is 0 Å². The van der Waals surface area contributed by atoms with Crippen LogP contribution in [0.4, 0.5) is 0 Å². The fourth-order valence-corrected chi connectivity index (χ4v) is 15.0. The van der Waals surface area contributed by atoms with Crippen LogP contribution >= 0.6 is 0 Å². The first-order valence-electron chi connectivity index (χ1n) is 31.2. The highest BCUT2D eigenvalue weighted by atomic mass is 15.0. The molecule has 16 aromatic carbocycles. The van der Waals surface area contributed by atoms with Crippen LogP contribution in [0.1, 0.15) is 5.56 Å². The highest BCUT2D eigenvalue weighted by molar-refractivity contribution is 6.32. The number of hydrogen-bond acceptors (Lipinski definition) is 0. The molecule has 0 N–H and O–H groups in total. The lowest BCUT2D eigenvalue weighted by atomic mass is 9.97. The van der Waals surface area contributed by atoms with Crippen molar-refractivity contribution in [3.8, 4) is 5.69 Å². The molecule has 90 heavy (non-hydrogen) atoms. The first kappa shape index (κ1) is 52.8. The van der Waals surface area contributed by atoms with Crippen LogP contribution in [0.25, 0.3) is 168 Å². The molecule has 0 atom stereocenters. The van der Waals surface area contributed by atoms with Gasteiger partial charge >= 0.3 is 0 Å². The second-order valence-corrected chi connectivity index (χ2v) is 24.1. The molecule has 0 amide bonds. The molecule has 0 spiro atoms. The van der Waals surface area contributed by atoms with Crippen LogP contribution < -0.4 is 0 Å². The standard InChI is InChI=1S/C23H17N.3C21H15N/c1-16-10-13-18(14-11-16)24-22-9-5-4-8-20(22)21-15-12-17-6-2-3-7-19(17)23(21)24;1-22-19-13-7-6-12-18(19)20-16-10-4-2-8-14(16)15-9-3-5-11-17(15)21(20)22;1-22-20-9-5-4-8-17(20)19-13-18-15(12-21(19)22)11-10-14-6-2-3-7-16(14)18;1-22-20-9-5-4-8-17(20)19-13-12-16-15-7-3-2-6-14(15)10-11-18(16)21(19)22/h2-15H,1H3;3*2-13H,1H3. The predicted octanol–water partition coefficient (Wildman–Crippen LogP) is 23.2. The summed E-state index contributed by atoms with van der Waals surface area (Å²) < 4.78 is 9.34. The number of aryl methyl sites for hydroxylation is 4. The van der Waals surface area contributed by atoms with Gasteiger partial charge in [0.05, 0.1) is 22.1 Å². The molecule has 0 unspecified atom stereocenters. The molecular formula is C86H62N4. The molecule has 0 saturated carbocycles. The van der Waals surface area contributed by atoms with Gasteiger partial charge in [-0.15, -0.1) is 0 Å². The normalized spacial score (nSPS) is 11.8. The lowest BCUT2D eigenvalue weighted by Gasteiger charge is -2.10. The largest absolute Gasteiger partial charge is 0.344 e. The van der Waals surface area contributed by atoms with Gasteiger partial charge in [-0.2, -0.15) is 0 Å². The minimum absolute atomic E-state index is 1.21. The molecule has 4 heterocycles. The Kier molecular flexibility index (Phi) is 12.4. The zero-order chi connectivity index (χ0) is 60.1. The van der Waals surface area contributed by atoms with Crippen LogP contribution in [0, 0.1) is 6.92 Å². The zero-order valence-electron chi connectivity index (χ0n) is 50.7. The monoisotopic (exact) mass is 1150 g/mol. The Hall–Kier alpha value is -11.5. The highest BCUT2D eigenvalue weighted by Gasteiger charge is 2.18. The Bertz CT molecular complexity index is 6270. The number of benzene rings is 16. The first-order valence-corrected chi connectivity index (χ1v) is 31.2. The Balaban J connectivity index is 0.0000000925. The van der Waals surface area contributed by atoms with Gasteiger partial charge in [-0.25, -0.2) is 0 Å². The summed E-state index contributed by atoms with van der Waals surface area (Å²) in [5, 5.41) is 29.1. The summed E-state index contributed by atoms with van der Waals surface area (Å²) in [4.78, 5) is 0. The molecule has 0 aliphatic rings. The lowest BCUT2D eigenvalue weighted by Crippen LogP contribution is -1.94. The quantitative estimate of drug-likeness (QED) is 0.146. The fourth-order valence-electron chi connectivity index (χ4n) is 15.0. The van der Waals surface area contributed by atoms with Crippen LogP contribution in [0.3, 0.4) is 0 Å². The second kappa shape index (κ2) is 21.2. The van der Waals surface area contributed by atoms with Crippen molar-refractivity contribution < 1.29 is 0 Å². The van der Waals surface area contributed by atoms with E-state index in [2.05, 4.69) is 350 Å². The number of rotatable bonds is 1. The van der Waals surface area contributed by atoms with Gasteiger partial charge in [-0.1, -0.05) is 260 Å². The summed E-state index contributed by atoms with van der Waals surface area (Å²) in [5.41, 5.74) is 12.9. The van der Waals surface area contributed by atoms with E-state index < -0.39 is 0 Å². The van der Waals surface area contributed by atoms with E-state index >= 15 is 0 Å². The van der Waals surface area contributed by atoms with Gasteiger partial charge in [-0.3, -0.25) is 0 Å². The van der Waals surface area contributed by atoms with Crippen LogP contribution in [-0.2, 0) is 21.1 Å². The van der Waals surface area contributed by atoms with Gasteiger partial charge < -0.3 is 18.3 Å². The molecule has 0 bridgehead atoms. The molecule has 0 aliphatic heterocycles. The SMILES string of the molecule is Cc1ccc(-n2c3ccccc3c3ccc4ccccc4c32)cc1.Cn1c2ccccc2c2c3ccccc3c3ccccc3c21.Cn1c2ccccc2c2cc3c(ccc4ccccc43)cc21.Cn1c2ccccc2c2ccc3c4ccccc4ccc3c21. The Morgan fingerprint density at radius 1 is 0.200 bits per heavy atom. The van der Waals surface area contributed by atoms with Crippen molar-refractivity contribution in [2.75, 3.05) is 0 Å². The van der Waals surface area contributed by atoms with E-state index in [9.17, 15) is 0 Å². The summed E-state index contributed by atoms with van der Waals surface area (Å²) in [6.45, 7) is 2.13. The third-order valence-electron chi connectivity index (χ3n) is 19.2. The number of hydrogen-bond donors (Lipinski definition) is 0. The third-order valence-corrected chi connectivity index (χ3v) is 19.2. The van der Waals surface area contributed by atoms with E-state index in [0.29, 0.717) is 0 Å². The number of nitrogens with zero attached hydrogens (tertiary/aromatic N) is 4. The second-order valence-electron chi connectivity index (χ2n) is 24.1. The van der Waals surface area contributed by atoms with E-state index in [1.165, 1.54) is 174 Å². The van der Waals surface area contributed by atoms with Crippen molar-refractivity contribution in [2.45, 2.75) is 6.92 Å². The molecule has 4 nitrogen and oxygen atoms in total. The average Bonchev–Trinajstić information content (AvgIpc) is 1.58. The van der Waals surface area contributed by atoms with Gasteiger partial charge in [-0.05, 0) is 115 Å². The van der Waals surface area contributed by atoms with E-state index in [1.54, 1.807) is 0 Å². The van der Waals surface area contributed by atoms with Gasteiger partial charge in [0.25, 0.3) is 0 Å². The lowest BCUT2D eigenvalue weighted by molar-refractivity contribution is 1.02. The van der Waals surface area contributed by atoms with Crippen molar-refractivity contribution in [1.82, 2.24) is 18.3 Å². The molecular weight excluding hydrogens is 1090 g/mol. The smallest absolute Gasteiger partial charge is 0.0619 e. The van der Waals surface area contributed by atoms with Crippen molar-refractivity contribution >= 4 is 163 Å². The van der Waals surface area contributed by atoms with Crippen LogP contribution in [0.15, 0.2) is 303 Å². The summed E-state index contributed by atoms with van der Waals surface area (Å²) in [6, 6.07) is 109. The Labute approximate surface area is 520 Å². The Morgan fingerprint density at radius 2 is 0.567 bits per heavy atom.